The van der Waals surface area contributed by atoms with Crippen LogP contribution in [0.3, 0.4) is 0 Å². The quantitative estimate of drug-likeness (QED) is 0.766. The molecular weight excluding hydrogens is 314 g/mol. The van der Waals surface area contributed by atoms with Crippen molar-refractivity contribution in [2.75, 3.05) is 6.54 Å². The van der Waals surface area contributed by atoms with Crippen molar-refractivity contribution in [1.29, 1.82) is 0 Å². The maximum atomic E-state index is 12.6. The second kappa shape index (κ2) is 7.43. The Balaban J connectivity index is 1.78. The van der Waals surface area contributed by atoms with Gasteiger partial charge in [0.2, 0.25) is 0 Å². The van der Waals surface area contributed by atoms with Crippen LogP contribution in [0.15, 0.2) is 59.5 Å². The van der Waals surface area contributed by atoms with E-state index in [-0.39, 0.29) is 11.3 Å². The lowest BCUT2D eigenvalue weighted by Gasteiger charge is -2.40. The molecule has 0 heterocycles. The number of benzene rings is 2. The third-order valence-corrected chi connectivity index (χ3v) is 5.74. The van der Waals surface area contributed by atoms with E-state index in [0.717, 1.165) is 23.7 Å². The molecule has 1 amide bonds. The highest BCUT2D eigenvalue weighted by molar-refractivity contribution is 7.80. The first kappa shape index (κ1) is 17.1. The molecular formula is C21H25NOS. The molecule has 0 radical (unpaired) electrons. The number of rotatable bonds is 4. The second-order valence-electron chi connectivity index (χ2n) is 7.03. The number of hydrogen-bond acceptors (Lipinski definition) is 2. The highest BCUT2D eigenvalue weighted by Crippen LogP contribution is 2.41. The summed E-state index contributed by atoms with van der Waals surface area (Å²) in [7, 11) is 0. The van der Waals surface area contributed by atoms with Crippen LogP contribution in [0.2, 0.25) is 0 Å². The molecule has 2 aromatic rings. The Morgan fingerprint density at radius 1 is 1.08 bits per heavy atom. The highest BCUT2D eigenvalue weighted by Gasteiger charge is 2.36. The number of nitrogens with one attached hydrogen (secondary N) is 1. The maximum absolute atomic E-state index is 12.6. The van der Waals surface area contributed by atoms with Gasteiger partial charge in [-0.25, -0.2) is 0 Å². The summed E-state index contributed by atoms with van der Waals surface area (Å²) in [5, 5.41) is 3.18. The van der Waals surface area contributed by atoms with Gasteiger partial charge in [-0.1, -0.05) is 49.4 Å². The normalized spacial score (nSPS) is 23.7. The lowest BCUT2D eigenvalue weighted by Crippen LogP contribution is -2.43. The standard InChI is InChI=1S/C21H25NOS/c1-16-11-13-21(14-12-16,17-7-3-2-4-8-17)15-22-20(23)18-9-5-6-10-19(18)24/h2-10,16,24H,11-15H2,1H3,(H,22,23). The van der Waals surface area contributed by atoms with Crippen molar-refractivity contribution in [2.24, 2.45) is 5.92 Å². The van der Waals surface area contributed by atoms with Crippen LogP contribution < -0.4 is 5.32 Å². The maximum Gasteiger partial charge on any atom is 0.252 e. The number of carbonyl (C=O) groups is 1. The SMILES string of the molecule is CC1CCC(CNC(=O)c2ccccc2S)(c2ccccc2)CC1. The molecule has 1 aliphatic carbocycles. The first-order valence-electron chi connectivity index (χ1n) is 8.72. The summed E-state index contributed by atoms with van der Waals surface area (Å²) in [5.41, 5.74) is 2.04. The van der Waals surface area contributed by atoms with Crippen LogP contribution in [0.1, 0.15) is 48.5 Å². The molecule has 2 nitrogen and oxygen atoms in total. The predicted octanol–water partition coefficient (Wildman–Crippen LogP) is 4.85. The number of amides is 1. The molecule has 1 fully saturated rings. The Morgan fingerprint density at radius 3 is 2.38 bits per heavy atom. The van der Waals surface area contributed by atoms with Gasteiger partial charge in [-0.05, 0) is 49.3 Å². The van der Waals surface area contributed by atoms with Gasteiger partial charge in [0.1, 0.15) is 0 Å². The van der Waals surface area contributed by atoms with Gasteiger partial charge in [0.15, 0.2) is 0 Å². The summed E-state index contributed by atoms with van der Waals surface area (Å²) in [6.45, 7) is 3.01. The van der Waals surface area contributed by atoms with Crippen LogP contribution in [-0.4, -0.2) is 12.5 Å². The van der Waals surface area contributed by atoms with Crippen LogP contribution in [0, 0.1) is 5.92 Å². The molecule has 0 saturated heterocycles. The van der Waals surface area contributed by atoms with E-state index in [1.165, 1.54) is 18.4 Å². The van der Waals surface area contributed by atoms with E-state index in [0.29, 0.717) is 12.1 Å². The van der Waals surface area contributed by atoms with Crippen molar-refractivity contribution in [3.05, 3.63) is 65.7 Å². The van der Waals surface area contributed by atoms with Gasteiger partial charge in [-0.15, -0.1) is 12.6 Å². The molecule has 1 saturated carbocycles. The van der Waals surface area contributed by atoms with Crippen LogP contribution in [0.4, 0.5) is 0 Å². The molecule has 0 aromatic heterocycles. The van der Waals surface area contributed by atoms with Crippen molar-refractivity contribution in [2.45, 2.75) is 42.9 Å². The molecule has 1 N–H and O–H groups in total. The van der Waals surface area contributed by atoms with E-state index in [9.17, 15) is 4.79 Å². The van der Waals surface area contributed by atoms with E-state index in [1.807, 2.05) is 24.3 Å². The molecule has 2 aromatic carbocycles. The lowest BCUT2D eigenvalue weighted by atomic mass is 9.67. The van der Waals surface area contributed by atoms with Gasteiger partial charge in [0.05, 0.1) is 5.56 Å². The lowest BCUT2D eigenvalue weighted by molar-refractivity contribution is 0.0930. The van der Waals surface area contributed by atoms with Crippen LogP contribution >= 0.6 is 12.6 Å². The van der Waals surface area contributed by atoms with Crippen LogP contribution in [0.5, 0.6) is 0 Å². The summed E-state index contributed by atoms with van der Waals surface area (Å²) in [4.78, 5) is 13.3. The van der Waals surface area contributed by atoms with Crippen LogP contribution in [-0.2, 0) is 5.41 Å². The Hall–Kier alpha value is -1.74. The third-order valence-electron chi connectivity index (χ3n) is 5.35. The fraction of sp³-hybridized carbons (Fsp3) is 0.381. The Morgan fingerprint density at radius 2 is 1.71 bits per heavy atom. The summed E-state index contributed by atoms with van der Waals surface area (Å²) in [6, 6.07) is 18.1. The fourth-order valence-electron chi connectivity index (χ4n) is 3.68. The largest absolute Gasteiger partial charge is 0.351 e. The van der Waals surface area contributed by atoms with Crippen molar-refractivity contribution >= 4 is 18.5 Å². The molecule has 1 aliphatic rings. The Labute approximate surface area is 150 Å². The minimum Gasteiger partial charge on any atom is -0.351 e. The van der Waals surface area contributed by atoms with E-state index in [2.05, 4.69) is 55.2 Å². The average molecular weight is 340 g/mol. The van der Waals surface area contributed by atoms with Gasteiger partial charge >= 0.3 is 0 Å². The van der Waals surface area contributed by atoms with Gasteiger partial charge in [-0.3, -0.25) is 4.79 Å². The summed E-state index contributed by atoms with van der Waals surface area (Å²) < 4.78 is 0. The number of hydrogen-bond donors (Lipinski definition) is 2. The molecule has 0 unspecified atom stereocenters. The molecule has 24 heavy (non-hydrogen) atoms. The smallest absolute Gasteiger partial charge is 0.252 e. The number of thiol groups is 1. The van der Waals surface area contributed by atoms with Gasteiger partial charge in [-0.2, -0.15) is 0 Å². The first-order valence-corrected chi connectivity index (χ1v) is 9.17. The molecule has 3 rings (SSSR count). The molecule has 126 valence electrons. The van der Waals surface area contributed by atoms with Crippen molar-refractivity contribution in [3.8, 4) is 0 Å². The highest BCUT2D eigenvalue weighted by atomic mass is 32.1. The first-order chi connectivity index (χ1) is 11.6. The number of carbonyl (C=O) groups excluding carboxylic acids is 1. The van der Waals surface area contributed by atoms with Crippen molar-refractivity contribution in [3.63, 3.8) is 0 Å². The van der Waals surface area contributed by atoms with Crippen molar-refractivity contribution in [1.82, 2.24) is 5.32 Å². The molecule has 0 bridgehead atoms. The second-order valence-corrected chi connectivity index (χ2v) is 7.51. The minimum absolute atomic E-state index is 0.0328. The van der Waals surface area contributed by atoms with E-state index in [4.69, 9.17) is 0 Å². The van der Waals surface area contributed by atoms with Gasteiger partial charge < -0.3 is 5.32 Å². The zero-order chi connectivity index (χ0) is 17.0. The van der Waals surface area contributed by atoms with Gasteiger partial charge in [0, 0.05) is 16.9 Å². The molecule has 3 heteroatoms. The zero-order valence-electron chi connectivity index (χ0n) is 14.2. The summed E-state index contributed by atoms with van der Waals surface area (Å²) in [6.07, 6.45) is 4.68. The third kappa shape index (κ3) is 3.67. The topological polar surface area (TPSA) is 29.1 Å². The van der Waals surface area contributed by atoms with E-state index in [1.54, 1.807) is 0 Å². The average Bonchev–Trinajstić information content (AvgIpc) is 2.62. The molecule has 0 spiro atoms. The van der Waals surface area contributed by atoms with Gasteiger partial charge in [0.25, 0.3) is 5.91 Å². The van der Waals surface area contributed by atoms with Crippen molar-refractivity contribution < 1.29 is 4.79 Å². The predicted molar refractivity (Wildman–Crippen MR) is 102 cm³/mol. The summed E-state index contributed by atoms with van der Waals surface area (Å²) >= 11 is 4.40. The molecule has 0 aliphatic heterocycles. The zero-order valence-corrected chi connectivity index (χ0v) is 15.1. The Bertz CT molecular complexity index is 690. The summed E-state index contributed by atoms with van der Waals surface area (Å²) in [5.74, 6) is 0.741. The molecule has 0 atom stereocenters. The van der Waals surface area contributed by atoms with E-state index < -0.39 is 0 Å². The van der Waals surface area contributed by atoms with Crippen LogP contribution in [0.25, 0.3) is 0 Å². The Kier molecular flexibility index (Phi) is 5.30. The minimum atomic E-state index is -0.0328. The monoisotopic (exact) mass is 339 g/mol. The fourth-order valence-corrected chi connectivity index (χ4v) is 3.95. The van der Waals surface area contributed by atoms with E-state index >= 15 is 0 Å².